The fourth-order valence-corrected chi connectivity index (χ4v) is 3.05. The number of nitrogens with two attached hydrogens (primary N) is 1. The fraction of sp³-hybridized carbons (Fsp3) is 0.600. The van der Waals surface area contributed by atoms with Gasteiger partial charge >= 0.3 is 6.18 Å². The summed E-state index contributed by atoms with van der Waals surface area (Å²) in [6.07, 6.45) is 0.235. The van der Waals surface area contributed by atoms with Crippen LogP contribution in [0.15, 0.2) is 24.3 Å². The molecule has 0 aliphatic heterocycles. The van der Waals surface area contributed by atoms with Gasteiger partial charge in [-0.25, -0.2) is 0 Å². The van der Waals surface area contributed by atoms with Crippen molar-refractivity contribution in [3.05, 3.63) is 29.8 Å². The summed E-state index contributed by atoms with van der Waals surface area (Å²) in [7, 11) is 1.95. The van der Waals surface area contributed by atoms with E-state index in [4.69, 9.17) is 5.73 Å². The first-order valence-electron chi connectivity index (χ1n) is 7.03. The highest BCUT2D eigenvalue weighted by Crippen LogP contribution is 2.33. The molecule has 1 aromatic rings. The van der Waals surface area contributed by atoms with E-state index < -0.39 is 11.7 Å². The summed E-state index contributed by atoms with van der Waals surface area (Å²) in [5, 5.41) is 0. The zero-order valence-corrected chi connectivity index (χ0v) is 11.7. The second-order valence-electron chi connectivity index (χ2n) is 5.50. The van der Waals surface area contributed by atoms with E-state index in [2.05, 4.69) is 4.90 Å². The molecule has 1 saturated carbocycles. The standard InChI is InChI=1S/C15H21F3N2/c1-20(14-5-3-2-4-11(14)10-19)13-8-6-12(7-9-13)15(16,17)18/h6-9,11,14H,2-5,10,19H2,1H3. The minimum absolute atomic E-state index is 0.325. The molecule has 1 fully saturated rings. The summed E-state index contributed by atoms with van der Waals surface area (Å²) in [4.78, 5) is 2.08. The third kappa shape index (κ3) is 3.26. The zero-order chi connectivity index (χ0) is 14.8. The molecular formula is C15H21F3N2. The highest BCUT2D eigenvalue weighted by molar-refractivity contribution is 5.48. The Morgan fingerprint density at radius 2 is 1.75 bits per heavy atom. The molecule has 112 valence electrons. The molecule has 0 radical (unpaired) electrons. The van der Waals surface area contributed by atoms with E-state index in [1.807, 2.05) is 7.05 Å². The quantitative estimate of drug-likeness (QED) is 0.919. The molecule has 2 unspecified atom stereocenters. The average molecular weight is 286 g/mol. The molecule has 20 heavy (non-hydrogen) atoms. The van der Waals surface area contributed by atoms with Gasteiger partial charge in [0.1, 0.15) is 0 Å². The van der Waals surface area contributed by atoms with Crippen LogP contribution in [0.5, 0.6) is 0 Å². The van der Waals surface area contributed by atoms with E-state index in [-0.39, 0.29) is 0 Å². The Kier molecular flexibility index (Phi) is 4.58. The van der Waals surface area contributed by atoms with Crippen molar-refractivity contribution in [1.29, 1.82) is 0 Å². The molecule has 2 rings (SSSR count). The molecule has 0 spiro atoms. The van der Waals surface area contributed by atoms with E-state index in [9.17, 15) is 13.2 Å². The van der Waals surface area contributed by atoms with E-state index in [1.165, 1.54) is 6.42 Å². The van der Waals surface area contributed by atoms with Crippen LogP contribution in [0.25, 0.3) is 0 Å². The van der Waals surface area contributed by atoms with Gasteiger partial charge < -0.3 is 10.6 Å². The van der Waals surface area contributed by atoms with Crippen LogP contribution in [0.4, 0.5) is 18.9 Å². The maximum atomic E-state index is 12.6. The lowest BCUT2D eigenvalue weighted by Crippen LogP contribution is -2.43. The Labute approximate surface area is 117 Å². The van der Waals surface area contributed by atoms with E-state index in [0.29, 0.717) is 18.5 Å². The summed E-state index contributed by atoms with van der Waals surface area (Å²) in [5.74, 6) is 0.427. The Hall–Kier alpha value is -1.23. The predicted molar refractivity (Wildman–Crippen MR) is 74.6 cm³/mol. The van der Waals surface area contributed by atoms with Gasteiger partial charge in [0, 0.05) is 18.8 Å². The van der Waals surface area contributed by atoms with Gasteiger partial charge in [0.05, 0.1) is 5.56 Å². The molecule has 2 nitrogen and oxygen atoms in total. The van der Waals surface area contributed by atoms with Crippen LogP contribution in [0.1, 0.15) is 31.2 Å². The molecule has 5 heteroatoms. The zero-order valence-electron chi connectivity index (χ0n) is 11.7. The molecule has 0 aromatic heterocycles. The van der Waals surface area contributed by atoms with Gasteiger partial charge in [-0.15, -0.1) is 0 Å². The molecule has 0 bridgehead atoms. The third-order valence-electron chi connectivity index (χ3n) is 4.27. The van der Waals surface area contributed by atoms with Gasteiger partial charge in [-0.1, -0.05) is 12.8 Å². The lowest BCUT2D eigenvalue weighted by atomic mass is 9.83. The largest absolute Gasteiger partial charge is 0.416 e. The van der Waals surface area contributed by atoms with Gasteiger partial charge in [-0.2, -0.15) is 13.2 Å². The van der Waals surface area contributed by atoms with Gasteiger partial charge in [-0.3, -0.25) is 0 Å². The molecular weight excluding hydrogens is 265 g/mol. The number of anilines is 1. The summed E-state index contributed by atoms with van der Waals surface area (Å²) in [6.45, 7) is 0.635. The van der Waals surface area contributed by atoms with Crippen molar-refractivity contribution in [3.8, 4) is 0 Å². The smallest absolute Gasteiger partial charge is 0.371 e. The highest BCUT2D eigenvalue weighted by Gasteiger charge is 2.31. The monoisotopic (exact) mass is 286 g/mol. The summed E-state index contributed by atoms with van der Waals surface area (Å²) >= 11 is 0. The number of benzene rings is 1. The number of hydrogen-bond acceptors (Lipinski definition) is 2. The van der Waals surface area contributed by atoms with Gasteiger partial charge in [0.15, 0.2) is 0 Å². The maximum Gasteiger partial charge on any atom is 0.416 e. The van der Waals surface area contributed by atoms with Crippen LogP contribution < -0.4 is 10.6 Å². The van der Waals surface area contributed by atoms with Crippen molar-refractivity contribution in [1.82, 2.24) is 0 Å². The van der Waals surface area contributed by atoms with E-state index in [0.717, 1.165) is 37.1 Å². The van der Waals surface area contributed by atoms with Crippen molar-refractivity contribution < 1.29 is 13.2 Å². The predicted octanol–water partition coefficient (Wildman–Crippen LogP) is 3.66. The Morgan fingerprint density at radius 1 is 1.15 bits per heavy atom. The van der Waals surface area contributed by atoms with Gasteiger partial charge in [-0.05, 0) is 49.6 Å². The fourth-order valence-electron chi connectivity index (χ4n) is 3.05. The van der Waals surface area contributed by atoms with Crippen molar-refractivity contribution in [2.75, 3.05) is 18.5 Å². The van der Waals surface area contributed by atoms with Crippen LogP contribution in [-0.4, -0.2) is 19.6 Å². The van der Waals surface area contributed by atoms with Gasteiger partial charge in [0.25, 0.3) is 0 Å². The Morgan fingerprint density at radius 3 is 2.30 bits per heavy atom. The summed E-state index contributed by atoms with van der Waals surface area (Å²) in [5.41, 5.74) is 6.03. The van der Waals surface area contributed by atoms with Crippen LogP contribution in [0.3, 0.4) is 0 Å². The molecule has 1 aromatic carbocycles. The summed E-state index contributed by atoms with van der Waals surface area (Å²) in [6, 6.07) is 5.71. The van der Waals surface area contributed by atoms with Crippen molar-refractivity contribution in [2.45, 2.75) is 37.9 Å². The topological polar surface area (TPSA) is 29.3 Å². The number of hydrogen-bond donors (Lipinski definition) is 1. The first kappa shape index (κ1) is 15.2. The van der Waals surface area contributed by atoms with Crippen LogP contribution in [0, 0.1) is 5.92 Å². The second kappa shape index (κ2) is 6.04. The molecule has 0 heterocycles. The molecule has 0 amide bonds. The number of halogens is 3. The normalized spacial score (nSPS) is 23.6. The second-order valence-corrected chi connectivity index (χ2v) is 5.50. The molecule has 1 aliphatic rings. The van der Waals surface area contributed by atoms with Gasteiger partial charge in [0.2, 0.25) is 0 Å². The lowest BCUT2D eigenvalue weighted by molar-refractivity contribution is -0.137. The van der Waals surface area contributed by atoms with Crippen molar-refractivity contribution >= 4 is 5.69 Å². The summed E-state index contributed by atoms with van der Waals surface area (Å²) < 4.78 is 37.7. The van der Waals surface area contributed by atoms with E-state index >= 15 is 0 Å². The minimum Gasteiger partial charge on any atom is -0.371 e. The van der Waals surface area contributed by atoms with Crippen LogP contribution in [0.2, 0.25) is 0 Å². The molecule has 0 saturated heterocycles. The first-order valence-corrected chi connectivity index (χ1v) is 7.03. The maximum absolute atomic E-state index is 12.6. The minimum atomic E-state index is -4.28. The molecule has 2 atom stereocenters. The SMILES string of the molecule is CN(c1ccc(C(F)(F)F)cc1)C1CCCCC1CN. The molecule has 2 N–H and O–H groups in total. The van der Waals surface area contributed by atoms with Crippen LogP contribution in [-0.2, 0) is 6.18 Å². The van der Waals surface area contributed by atoms with Crippen molar-refractivity contribution in [2.24, 2.45) is 11.7 Å². The third-order valence-corrected chi connectivity index (χ3v) is 4.27. The van der Waals surface area contributed by atoms with Crippen LogP contribution >= 0.6 is 0 Å². The first-order chi connectivity index (χ1) is 9.43. The number of alkyl halides is 3. The highest BCUT2D eigenvalue weighted by atomic mass is 19.4. The number of rotatable bonds is 3. The number of nitrogens with zero attached hydrogens (tertiary/aromatic N) is 1. The Balaban J connectivity index is 2.14. The molecule has 1 aliphatic carbocycles. The lowest BCUT2D eigenvalue weighted by Gasteiger charge is -2.39. The van der Waals surface area contributed by atoms with E-state index in [1.54, 1.807) is 12.1 Å². The van der Waals surface area contributed by atoms with Crippen molar-refractivity contribution in [3.63, 3.8) is 0 Å². The Bertz CT molecular complexity index is 428. The average Bonchev–Trinajstić information content (AvgIpc) is 2.45.